The van der Waals surface area contributed by atoms with E-state index in [4.69, 9.17) is 5.73 Å². The lowest BCUT2D eigenvalue weighted by Gasteiger charge is -2.07. The third-order valence-electron chi connectivity index (χ3n) is 3.75. The number of nitrogens with one attached hydrogen (secondary N) is 1. The molecule has 5 heteroatoms. The van der Waals surface area contributed by atoms with Crippen LogP contribution in [-0.2, 0) is 9.59 Å². The second-order valence-corrected chi connectivity index (χ2v) is 5.93. The highest BCUT2D eigenvalue weighted by molar-refractivity contribution is 6.00. The predicted molar refractivity (Wildman–Crippen MR) is 96.0 cm³/mol. The number of phenolic OH excluding ortho intramolecular Hbond substituents is 1. The summed E-state index contributed by atoms with van der Waals surface area (Å²) >= 11 is 0. The molecule has 0 aliphatic rings. The van der Waals surface area contributed by atoms with Gasteiger partial charge < -0.3 is 16.2 Å². The van der Waals surface area contributed by atoms with Crippen molar-refractivity contribution >= 4 is 17.9 Å². The Hall–Kier alpha value is -2.30. The Bertz CT molecular complexity index is 550. The smallest absolute Gasteiger partial charge is 0.265 e. The fourth-order valence-electron chi connectivity index (χ4n) is 2.36. The second-order valence-electron chi connectivity index (χ2n) is 5.93. The van der Waals surface area contributed by atoms with Gasteiger partial charge in [0.15, 0.2) is 0 Å². The molecule has 0 aliphatic heterocycles. The standard InChI is InChI=1S/C19H28N2O3/c1-2-3-4-5-6-7-8-9-18(23)21-17(19(20)24)14-15-10-12-16(22)13-11-15/h10-14,22H,2-9H2,1H3,(H2,20,24)(H,21,23)/b17-14+. The van der Waals surface area contributed by atoms with Crippen molar-refractivity contribution in [2.45, 2.75) is 58.3 Å². The Labute approximate surface area is 143 Å². The van der Waals surface area contributed by atoms with E-state index in [0.717, 1.165) is 19.3 Å². The molecule has 2 amide bonds. The lowest BCUT2D eigenvalue weighted by Crippen LogP contribution is -2.30. The van der Waals surface area contributed by atoms with E-state index < -0.39 is 5.91 Å². The number of unbranched alkanes of at least 4 members (excludes halogenated alkanes) is 6. The zero-order valence-corrected chi connectivity index (χ0v) is 14.4. The topological polar surface area (TPSA) is 92.4 Å². The molecule has 0 unspecified atom stereocenters. The number of nitrogens with two attached hydrogens (primary N) is 1. The molecule has 24 heavy (non-hydrogen) atoms. The van der Waals surface area contributed by atoms with Crippen molar-refractivity contribution in [1.82, 2.24) is 5.32 Å². The average molecular weight is 332 g/mol. The summed E-state index contributed by atoms with van der Waals surface area (Å²) in [7, 11) is 0. The van der Waals surface area contributed by atoms with Gasteiger partial charge in [-0.2, -0.15) is 0 Å². The number of hydrogen-bond acceptors (Lipinski definition) is 3. The van der Waals surface area contributed by atoms with Gasteiger partial charge >= 0.3 is 0 Å². The van der Waals surface area contributed by atoms with Crippen LogP contribution in [0.15, 0.2) is 30.0 Å². The molecule has 4 N–H and O–H groups in total. The summed E-state index contributed by atoms with van der Waals surface area (Å²) in [5.74, 6) is -0.751. The van der Waals surface area contributed by atoms with Crippen molar-refractivity contribution < 1.29 is 14.7 Å². The van der Waals surface area contributed by atoms with Crippen LogP contribution in [0.25, 0.3) is 6.08 Å². The quantitative estimate of drug-likeness (QED) is 0.428. The SMILES string of the molecule is CCCCCCCCCC(=O)N/C(=C/c1ccc(O)cc1)C(N)=O. The molecule has 5 nitrogen and oxygen atoms in total. The van der Waals surface area contributed by atoms with Gasteiger partial charge in [0.05, 0.1) is 0 Å². The Morgan fingerprint density at radius 3 is 2.21 bits per heavy atom. The van der Waals surface area contributed by atoms with Gasteiger partial charge in [-0.15, -0.1) is 0 Å². The maximum atomic E-state index is 11.9. The van der Waals surface area contributed by atoms with Crippen LogP contribution in [0, 0.1) is 0 Å². The molecular weight excluding hydrogens is 304 g/mol. The monoisotopic (exact) mass is 332 g/mol. The molecule has 0 heterocycles. The first-order valence-electron chi connectivity index (χ1n) is 8.63. The Morgan fingerprint density at radius 2 is 1.62 bits per heavy atom. The van der Waals surface area contributed by atoms with Gasteiger partial charge in [-0.25, -0.2) is 0 Å². The summed E-state index contributed by atoms with van der Waals surface area (Å²) in [5, 5.41) is 11.8. The molecule has 1 aromatic rings. The van der Waals surface area contributed by atoms with E-state index in [9.17, 15) is 14.7 Å². The second kappa shape index (κ2) is 11.3. The minimum absolute atomic E-state index is 0.0636. The van der Waals surface area contributed by atoms with E-state index in [0.29, 0.717) is 12.0 Å². The molecule has 0 saturated heterocycles. The highest BCUT2D eigenvalue weighted by Crippen LogP contribution is 2.12. The van der Waals surface area contributed by atoms with Gasteiger partial charge in [-0.1, -0.05) is 57.6 Å². The molecule has 0 aromatic heterocycles. The number of amides is 2. The maximum Gasteiger partial charge on any atom is 0.265 e. The first-order valence-corrected chi connectivity index (χ1v) is 8.63. The molecule has 132 valence electrons. The summed E-state index contributed by atoms with van der Waals surface area (Å²) in [5.41, 5.74) is 6.06. The van der Waals surface area contributed by atoms with Gasteiger partial charge in [0.25, 0.3) is 5.91 Å². The molecule has 0 bridgehead atoms. The van der Waals surface area contributed by atoms with Gasteiger partial charge in [0.2, 0.25) is 5.91 Å². The molecular formula is C19H28N2O3. The van der Waals surface area contributed by atoms with Gasteiger partial charge in [-0.05, 0) is 30.2 Å². The van der Waals surface area contributed by atoms with E-state index in [2.05, 4.69) is 12.2 Å². The molecule has 0 atom stereocenters. The van der Waals surface area contributed by atoms with Crippen LogP contribution in [0.5, 0.6) is 5.75 Å². The minimum atomic E-state index is -0.684. The third kappa shape index (κ3) is 8.36. The summed E-state index contributed by atoms with van der Waals surface area (Å²) in [6, 6.07) is 6.29. The number of benzene rings is 1. The first kappa shape index (κ1) is 19.7. The van der Waals surface area contributed by atoms with Crippen molar-refractivity contribution in [3.63, 3.8) is 0 Å². The molecule has 0 aliphatic carbocycles. The Morgan fingerprint density at radius 1 is 1.04 bits per heavy atom. The Balaban J connectivity index is 2.40. The number of rotatable bonds is 11. The predicted octanol–water partition coefficient (Wildman–Crippen LogP) is 3.48. The molecule has 0 fully saturated rings. The zero-order valence-electron chi connectivity index (χ0n) is 14.4. The van der Waals surface area contributed by atoms with E-state index in [1.165, 1.54) is 43.9 Å². The fourth-order valence-corrected chi connectivity index (χ4v) is 2.36. The number of carbonyl (C=O) groups excluding carboxylic acids is 2. The van der Waals surface area contributed by atoms with Gasteiger partial charge in [0, 0.05) is 6.42 Å². The number of primary amides is 1. The van der Waals surface area contributed by atoms with E-state index in [-0.39, 0.29) is 17.4 Å². The van der Waals surface area contributed by atoms with Crippen LogP contribution >= 0.6 is 0 Å². The highest BCUT2D eigenvalue weighted by Gasteiger charge is 2.09. The molecule has 1 aromatic carbocycles. The average Bonchev–Trinajstić information content (AvgIpc) is 2.55. The first-order chi connectivity index (χ1) is 11.5. The van der Waals surface area contributed by atoms with E-state index in [1.807, 2.05) is 0 Å². The summed E-state index contributed by atoms with van der Waals surface area (Å²) in [6.45, 7) is 2.19. The number of hydrogen-bond donors (Lipinski definition) is 3. The third-order valence-corrected chi connectivity index (χ3v) is 3.75. The minimum Gasteiger partial charge on any atom is -0.508 e. The highest BCUT2D eigenvalue weighted by atomic mass is 16.3. The summed E-state index contributed by atoms with van der Waals surface area (Å²) in [4.78, 5) is 23.4. The van der Waals surface area contributed by atoms with Crippen molar-refractivity contribution in [2.24, 2.45) is 5.73 Å². The van der Waals surface area contributed by atoms with Gasteiger partial charge in [-0.3, -0.25) is 9.59 Å². The van der Waals surface area contributed by atoms with Crippen LogP contribution in [-0.4, -0.2) is 16.9 Å². The molecule has 0 saturated carbocycles. The van der Waals surface area contributed by atoms with Crippen LogP contribution < -0.4 is 11.1 Å². The van der Waals surface area contributed by atoms with Crippen LogP contribution in [0.1, 0.15) is 63.9 Å². The van der Waals surface area contributed by atoms with Crippen molar-refractivity contribution in [3.05, 3.63) is 35.5 Å². The van der Waals surface area contributed by atoms with Crippen LogP contribution in [0.2, 0.25) is 0 Å². The van der Waals surface area contributed by atoms with E-state index in [1.54, 1.807) is 12.1 Å². The Kier molecular flexibility index (Phi) is 9.27. The molecule has 0 spiro atoms. The fraction of sp³-hybridized carbons (Fsp3) is 0.474. The maximum absolute atomic E-state index is 11.9. The van der Waals surface area contributed by atoms with Crippen molar-refractivity contribution in [3.8, 4) is 5.75 Å². The van der Waals surface area contributed by atoms with Crippen LogP contribution in [0.4, 0.5) is 0 Å². The largest absolute Gasteiger partial charge is 0.508 e. The van der Waals surface area contributed by atoms with Crippen molar-refractivity contribution in [2.75, 3.05) is 0 Å². The molecule has 0 radical (unpaired) electrons. The summed E-state index contributed by atoms with van der Waals surface area (Å²) in [6.07, 6.45) is 9.81. The number of aromatic hydroxyl groups is 1. The number of carbonyl (C=O) groups is 2. The van der Waals surface area contributed by atoms with Crippen molar-refractivity contribution in [1.29, 1.82) is 0 Å². The normalized spacial score (nSPS) is 11.3. The van der Waals surface area contributed by atoms with E-state index >= 15 is 0 Å². The lowest BCUT2D eigenvalue weighted by atomic mass is 10.1. The molecule has 1 rings (SSSR count). The van der Waals surface area contributed by atoms with Crippen LogP contribution in [0.3, 0.4) is 0 Å². The lowest BCUT2D eigenvalue weighted by molar-refractivity contribution is -0.122. The van der Waals surface area contributed by atoms with Gasteiger partial charge in [0.1, 0.15) is 11.4 Å². The number of phenols is 1. The zero-order chi connectivity index (χ0) is 17.8. The summed E-state index contributed by atoms with van der Waals surface area (Å²) < 4.78 is 0.